The SMILES string of the molecule is CCC(N)Cc1ccc(N2CCN(C)C(C)(C)C2)c(Br)c1. The fraction of sp³-hybridized carbons (Fsp3) is 0.647. The van der Waals surface area contributed by atoms with Gasteiger partial charge in [-0.15, -0.1) is 0 Å². The molecule has 0 saturated carbocycles. The Balaban J connectivity index is 2.14. The van der Waals surface area contributed by atoms with E-state index in [1.54, 1.807) is 0 Å². The maximum atomic E-state index is 6.06. The van der Waals surface area contributed by atoms with Crippen LogP contribution < -0.4 is 10.6 Å². The molecular formula is C17H28BrN3. The van der Waals surface area contributed by atoms with Crippen molar-refractivity contribution < 1.29 is 0 Å². The van der Waals surface area contributed by atoms with Gasteiger partial charge in [0, 0.05) is 35.7 Å². The van der Waals surface area contributed by atoms with Gasteiger partial charge in [-0.05, 0) is 67.4 Å². The Morgan fingerprint density at radius 2 is 2.05 bits per heavy atom. The molecule has 1 heterocycles. The van der Waals surface area contributed by atoms with E-state index in [2.05, 4.69) is 71.7 Å². The first-order valence-electron chi connectivity index (χ1n) is 7.83. The molecular weight excluding hydrogens is 326 g/mol. The van der Waals surface area contributed by atoms with E-state index in [4.69, 9.17) is 5.73 Å². The first-order valence-corrected chi connectivity index (χ1v) is 8.63. The molecule has 0 amide bonds. The van der Waals surface area contributed by atoms with E-state index in [0.29, 0.717) is 0 Å². The van der Waals surface area contributed by atoms with Crippen molar-refractivity contribution in [3.63, 3.8) is 0 Å². The number of hydrogen-bond donors (Lipinski definition) is 1. The van der Waals surface area contributed by atoms with Crippen LogP contribution in [0.4, 0.5) is 5.69 Å². The van der Waals surface area contributed by atoms with Crippen molar-refractivity contribution in [2.24, 2.45) is 5.73 Å². The van der Waals surface area contributed by atoms with E-state index in [0.717, 1.165) is 32.5 Å². The number of likely N-dealkylation sites (N-methyl/N-ethyl adjacent to an activating group) is 1. The number of hydrogen-bond acceptors (Lipinski definition) is 3. The van der Waals surface area contributed by atoms with Crippen molar-refractivity contribution in [3.05, 3.63) is 28.2 Å². The van der Waals surface area contributed by atoms with Gasteiger partial charge in [-0.2, -0.15) is 0 Å². The predicted molar refractivity (Wildman–Crippen MR) is 95.0 cm³/mol. The van der Waals surface area contributed by atoms with Crippen molar-refractivity contribution >= 4 is 21.6 Å². The van der Waals surface area contributed by atoms with E-state index < -0.39 is 0 Å². The van der Waals surface area contributed by atoms with E-state index in [1.807, 2.05) is 0 Å². The number of piperazine rings is 1. The molecule has 0 aliphatic carbocycles. The Bertz CT molecular complexity index is 487. The second-order valence-electron chi connectivity index (χ2n) is 6.81. The fourth-order valence-corrected chi connectivity index (χ4v) is 3.50. The highest BCUT2D eigenvalue weighted by Crippen LogP contribution is 2.31. The number of nitrogens with zero attached hydrogens (tertiary/aromatic N) is 2. The highest BCUT2D eigenvalue weighted by Gasteiger charge is 2.31. The van der Waals surface area contributed by atoms with Crippen molar-refractivity contribution in [2.45, 2.75) is 45.2 Å². The van der Waals surface area contributed by atoms with Crippen LogP contribution in [0.15, 0.2) is 22.7 Å². The molecule has 3 nitrogen and oxygen atoms in total. The predicted octanol–water partition coefficient (Wildman–Crippen LogP) is 3.26. The van der Waals surface area contributed by atoms with Crippen LogP contribution in [0, 0.1) is 0 Å². The summed E-state index contributed by atoms with van der Waals surface area (Å²) in [6.07, 6.45) is 1.97. The van der Waals surface area contributed by atoms with Gasteiger partial charge in [0.25, 0.3) is 0 Å². The minimum atomic E-state index is 0.209. The minimum Gasteiger partial charge on any atom is -0.368 e. The molecule has 2 N–H and O–H groups in total. The summed E-state index contributed by atoms with van der Waals surface area (Å²) in [5.41, 5.74) is 8.87. The molecule has 1 aliphatic rings. The van der Waals surface area contributed by atoms with Crippen molar-refractivity contribution in [3.8, 4) is 0 Å². The maximum absolute atomic E-state index is 6.06. The summed E-state index contributed by atoms with van der Waals surface area (Å²) < 4.78 is 1.18. The second-order valence-corrected chi connectivity index (χ2v) is 7.67. The molecule has 1 atom stereocenters. The molecule has 1 unspecified atom stereocenters. The molecule has 0 spiro atoms. The van der Waals surface area contributed by atoms with Gasteiger partial charge in [-0.25, -0.2) is 0 Å². The van der Waals surface area contributed by atoms with Crippen LogP contribution in [-0.4, -0.2) is 43.2 Å². The summed E-state index contributed by atoms with van der Waals surface area (Å²) >= 11 is 3.75. The number of nitrogens with two attached hydrogens (primary N) is 1. The molecule has 21 heavy (non-hydrogen) atoms. The summed E-state index contributed by atoms with van der Waals surface area (Å²) in [5.74, 6) is 0. The zero-order chi connectivity index (χ0) is 15.6. The Hall–Kier alpha value is -0.580. The molecule has 1 aliphatic heterocycles. The van der Waals surface area contributed by atoms with Gasteiger partial charge < -0.3 is 10.6 Å². The quantitative estimate of drug-likeness (QED) is 0.901. The van der Waals surface area contributed by atoms with Gasteiger partial charge in [0.1, 0.15) is 0 Å². The van der Waals surface area contributed by atoms with Gasteiger partial charge in [-0.3, -0.25) is 4.90 Å². The minimum absolute atomic E-state index is 0.209. The molecule has 1 aromatic rings. The molecule has 2 rings (SSSR count). The molecule has 0 aromatic heterocycles. The lowest BCUT2D eigenvalue weighted by atomic mass is 9.98. The lowest BCUT2D eigenvalue weighted by molar-refractivity contribution is 0.139. The molecule has 118 valence electrons. The molecule has 4 heteroatoms. The molecule has 1 aromatic carbocycles. The summed E-state index contributed by atoms with van der Waals surface area (Å²) in [5, 5.41) is 0. The van der Waals surface area contributed by atoms with E-state index in [1.165, 1.54) is 15.7 Å². The van der Waals surface area contributed by atoms with Crippen molar-refractivity contribution in [1.29, 1.82) is 0 Å². The summed E-state index contributed by atoms with van der Waals surface area (Å²) in [6, 6.07) is 6.95. The van der Waals surface area contributed by atoms with Crippen LogP contribution >= 0.6 is 15.9 Å². The molecule has 1 saturated heterocycles. The van der Waals surface area contributed by atoms with E-state index in [-0.39, 0.29) is 11.6 Å². The van der Waals surface area contributed by atoms with E-state index >= 15 is 0 Å². The van der Waals surface area contributed by atoms with Gasteiger partial charge in [0.15, 0.2) is 0 Å². The number of anilines is 1. The van der Waals surface area contributed by atoms with Crippen LogP contribution in [0.3, 0.4) is 0 Å². The zero-order valence-electron chi connectivity index (χ0n) is 13.7. The largest absolute Gasteiger partial charge is 0.368 e. The average molecular weight is 354 g/mol. The number of halogens is 1. The van der Waals surface area contributed by atoms with Crippen LogP contribution in [0.1, 0.15) is 32.8 Å². The smallest absolute Gasteiger partial charge is 0.0511 e. The molecule has 0 bridgehead atoms. The van der Waals surface area contributed by atoms with E-state index in [9.17, 15) is 0 Å². The van der Waals surface area contributed by atoms with Crippen LogP contribution in [-0.2, 0) is 6.42 Å². The van der Waals surface area contributed by atoms with Gasteiger partial charge in [-0.1, -0.05) is 13.0 Å². The van der Waals surface area contributed by atoms with Gasteiger partial charge in [0.2, 0.25) is 0 Å². The first-order chi connectivity index (χ1) is 9.83. The highest BCUT2D eigenvalue weighted by atomic mass is 79.9. The van der Waals surface area contributed by atoms with Crippen molar-refractivity contribution in [2.75, 3.05) is 31.6 Å². The first kappa shape index (κ1) is 16.8. The number of benzene rings is 1. The Morgan fingerprint density at radius 3 is 2.62 bits per heavy atom. The van der Waals surface area contributed by atoms with Crippen LogP contribution in [0.25, 0.3) is 0 Å². The third kappa shape index (κ3) is 3.99. The van der Waals surface area contributed by atoms with Crippen LogP contribution in [0.5, 0.6) is 0 Å². The van der Waals surface area contributed by atoms with Gasteiger partial charge in [0.05, 0.1) is 5.69 Å². The topological polar surface area (TPSA) is 32.5 Å². The Labute approximate surface area is 137 Å². The third-order valence-corrected chi connectivity index (χ3v) is 5.33. The number of rotatable bonds is 4. The van der Waals surface area contributed by atoms with Gasteiger partial charge >= 0.3 is 0 Å². The second kappa shape index (κ2) is 6.67. The monoisotopic (exact) mass is 353 g/mol. The fourth-order valence-electron chi connectivity index (χ4n) is 2.83. The van der Waals surface area contributed by atoms with Crippen LogP contribution in [0.2, 0.25) is 0 Å². The lowest BCUT2D eigenvalue weighted by Gasteiger charge is -2.46. The molecule has 1 fully saturated rings. The highest BCUT2D eigenvalue weighted by molar-refractivity contribution is 9.10. The Kier molecular flexibility index (Phi) is 5.33. The normalized spacial score (nSPS) is 20.6. The third-order valence-electron chi connectivity index (χ3n) is 4.69. The lowest BCUT2D eigenvalue weighted by Crippen LogP contribution is -2.57. The standard InChI is InChI=1S/C17H28BrN3/c1-5-14(19)10-13-6-7-16(15(18)11-13)21-9-8-20(4)17(2,3)12-21/h6-7,11,14H,5,8-10,12,19H2,1-4H3. The average Bonchev–Trinajstić information content (AvgIpc) is 2.42. The maximum Gasteiger partial charge on any atom is 0.0511 e. The zero-order valence-corrected chi connectivity index (χ0v) is 15.3. The Morgan fingerprint density at radius 1 is 1.33 bits per heavy atom. The summed E-state index contributed by atoms with van der Waals surface area (Å²) in [7, 11) is 2.21. The van der Waals surface area contributed by atoms with Crippen molar-refractivity contribution in [1.82, 2.24) is 4.90 Å². The molecule has 0 radical (unpaired) electrons. The summed E-state index contributed by atoms with van der Waals surface area (Å²) in [6.45, 7) is 9.98. The summed E-state index contributed by atoms with van der Waals surface area (Å²) in [4.78, 5) is 4.92.